The zero-order chi connectivity index (χ0) is 14.6. The van der Waals surface area contributed by atoms with Crippen LogP contribution in [-0.4, -0.2) is 22.1 Å². The Labute approximate surface area is 120 Å². The third kappa shape index (κ3) is 4.62. The summed E-state index contributed by atoms with van der Waals surface area (Å²) < 4.78 is 1.70. The fourth-order valence-corrected chi connectivity index (χ4v) is 2.37. The Morgan fingerprint density at radius 3 is 2.53 bits per heavy atom. The number of nitrogens with zero attached hydrogens (tertiary/aromatic N) is 2. The van der Waals surface area contributed by atoms with Gasteiger partial charge in [0, 0.05) is 19.9 Å². The molecular formula is C14H24ClN3O. The molecule has 0 saturated heterocycles. The van der Waals surface area contributed by atoms with E-state index in [0.29, 0.717) is 24.4 Å². The van der Waals surface area contributed by atoms with E-state index in [1.54, 1.807) is 4.68 Å². The number of halogens is 1. The van der Waals surface area contributed by atoms with Crippen LogP contribution in [0.25, 0.3) is 0 Å². The highest BCUT2D eigenvalue weighted by Crippen LogP contribution is 2.27. The van der Waals surface area contributed by atoms with Crippen LogP contribution in [0.5, 0.6) is 0 Å². The van der Waals surface area contributed by atoms with Gasteiger partial charge in [-0.3, -0.25) is 9.48 Å². The van der Waals surface area contributed by atoms with E-state index in [9.17, 15) is 4.79 Å². The van der Waals surface area contributed by atoms with Crippen molar-refractivity contribution in [3.05, 3.63) is 16.4 Å². The molecule has 1 heterocycles. The van der Waals surface area contributed by atoms with Crippen LogP contribution in [0.4, 0.5) is 0 Å². The predicted octanol–water partition coefficient (Wildman–Crippen LogP) is 2.65. The van der Waals surface area contributed by atoms with Crippen molar-refractivity contribution in [2.45, 2.75) is 46.5 Å². The van der Waals surface area contributed by atoms with Gasteiger partial charge in [0.25, 0.3) is 0 Å². The Kier molecular flexibility index (Phi) is 5.56. The maximum Gasteiger partial charge on any atom is 0.138 e. The number of carbonyl (C=O) groups is 1. The van der Waals surface area contributed by atoms with Crippen LogP contribution in [0, 0.1) is 12.3 Å². The first-order valence-electron chi connectivity index (χ1n) is 6.66. The molecule has 19 heavy (non-hydrogen) atoms. The van der Waals surface area contributed by atoms with Crippen molar-refractivity contribution in [2.24, 2.45) is 18.2 Å². The van der Waals surface area contributed by atoms with Gasteiger partial charge in [-0.25, -0.2) is 0 Å². The minimum absolute atomic E-state index is 0.122. The second kappa shape index (κ2) is 6.53. The number of aryl methyl sites for hydroxylation is 2. The number of carbonyl (C=O) groups excluding carboxylic acids is 1. The molecule has 0 aliphatic rings. The molecule has 0 bridgehead atoms. The lowest BCUT2D eigenvalue weighted by Crippen LogP contribution is -2.19. The first-order chi connectivity index (χ1) is 8.76. The third-order valence-electron chi connectivity index (χ3n) is 3.53. The molecule has 0 atom stereocenters. The predicted molar refractivity (Wildman–Crippen MR) is 78.4 cm³/mol. The van der Waals surface area contributed by atoms with Crippen molar-refractivity contribution in [3.8, 4) is 0 Å². The van der Waals surface area contributed by atoms with Crippen LogP contribution >= 0.6 is 11.6 Å². The van der Waals surface area contributed by atoms with Crippen LogP contribution in [0.15, 0.2) is 0 Å². The zero-order valence-electron chi connectivity index (χ0n) is 12.3. The molecule has 2 N–H and O–H groups in total. The summed E-state index contributed by atoms with van der Waals surface area (Å²) in [6, 6.07) is 0. The number of rotatable bonds is 7. The highest BCUT2D eigenvalue weighted by atomic mass is 35.5. The Morgan fingerprint density at radius 2 is 2.05 bits per heavy atom. The number of ketones is 1. The second-order valence-electron chi connectivity index (χ2n) is 5.89. The van der Waals surface area contributed by atoms with Gasteiger partial charge in [0.15, 0.2) is 0 Å². The van der Waals surface area contributed by atoms with E-state index in [4.69, 9.17) is 17.3 Å². The minimum atomic E-state index is 0.122. The molecule has 0 unspecified atom stereocenters. The molecule has 1 aromatic heterocycles. The van der Waals surface area contributed by atoms with Gasteiger partial charge in [0.1, 0.15) is 5.78 Å². The SMILES string of the molecule is Cc1nn(C)c(CC(=O)CCC(C)(C)CCN)c1Cl. The molecule has 0 amide bonds. The fourth-order valence-electron chi connectivity index (χ4n) is 2.14. The Hall–Kier alpha value is -0.870. The molecule has 1 rings (SSSR count). The highest BCUT2D eigenvalue weighted by Gasteiger charge is 2.20. The second-order valence-corrected chi connectivity index (χ2v) is 6.27. The van der Waals surface area contributed by atoms with Crippen molar-refractivity contribution in [3.63, 3.8) is 0 Å². The Balaban J connectivity index is 2.57. The smallest absolute Gasteiger partial charge is 0.138 e. The molecule has 0 aromatic carbocycles. The standard InChI is InChI=1S/C14H24ClN3O/c1-10-13(15)12(18(4)17-10)9-11(19)5-6-14(2,3)7-8-16/h5-9,16H2,1-4H3. The summed E-state index contributed by atoms with van der Waals surface area (Å²) in [5, 5.41) is 4.83. The number of hydrogen-bond acceptors (Lipinski definition) is 3. The minimum Gasteiger partial charge on any atom is -0.330 e. The van der Waals surface area contributed by atoms with Gasteiger partial charge < -0.3 is 5.73 Å². The van der Waals surface area contributed by atoms with Gasteiger partial charge in [0.05, 0.1) is 16.4 Å². The van der Waals surface area contributed by atoms with Gasteiger partial charge in [0.2, 0.25) is 0 Å². The van der Waals surface area contributed by atoms with Crippen molar-refractivity contribution < 1.29 is 4.79 Å². The number of Topliss-reactive ketones (excluding diaryl/α,β-unsaturated/α-hetero) is 1. The summed E-state index contributed by atoms with van der Waals surface area (Å²) in [6.07, 6.45) is 2.71. The third-order valence-corrected chi connectivity index (χ3v) is 4.02. The lowest BCUT2D eigenvalue weighted by molar-refractivity contribution is -0.119. The normalized spacial score (nSPS) is 11.9. The molecule has 1 aromatic rings. The zero-order valence-corrected chi connectivity index (χ0v) is 13.0. The molecule has 108 valence electrons. The van der Waals surface area contributed by atoms with Crippen molar-refractivity contribution in [2.75, 3.05) is 6.54 Å². The van der Waals surface area contributed by atoms with Crippen LogP contribution in [-0.2, 0) is 18.3 Å². The largest absolute Gasteiger partial charge is 0.330 e. The van der Waals surface area contributed by atoms with Gasteiger partial charge in [-0.1, -0.05) is 25.4 Å². The molecule has 0 aliphatic carbocycles. The summed E-state index contributed by atoms with van der Waals surface area (Å²) in [5.41, 5.74) is 7.27. The summed E-state index contributed by atoms with van der Waals surface area (Å²) in [5.74, 6) is 0.204. The molecule has 0 saturated carbocycles. The highest BCUT2D eigenvalue weighted by molar-refractivity contribution is 6.32. The van der Waals surface area contributed by atoms with Crippen LogP contribution in [0.1, 0.15) is 44.5 Å². The maximum atomic E-state index is 12.0. The fraction of sp³-hybridized carbons (Fsp3) is 0.714. The maximum absolute atomic E-state index is 12.0. The molecule has 0 spiro atoms. The quantitative estimate of drug-likeness (QED) is 0.838. The van der Waals surface area contributed by atoms with Gasteiger partial charge in [-0.05, 0) is 31.7 Å². The average Bonchev–Trinajstić information content (AvgIpc) is 2.54. The summed E-state index contributed by atoms with van der Waals surface area (Å²) in [4.78, 5) is 12.0. The van der Waals surface area contributed by atoms with E-state index in [0.717, 1.165) is 24.2 Å². The molecule has 0 aliphatic heterocycles. The molecule has 0 radical (unpaired) electrons. The average molecular weight is 286 g/mol. The topological polar surface area (TPSA) is 60.9 Å². The number of aromatic nitrogens is 2. The molecule has 0 fully saturated rings. The summed E-state index contributed by atoms with van der Waals surface area (Å²) in [6.45, 7) is 6.80. The summed E-state index contributed by atoms with van der Waals surface area (Å²) in [7, 11) is 1.82. The molecule has 5 heteroatoms. The first-order valence-corrected chi connectivity index (χ1v) is 7.04. The summed E-state index contributed by atoms with van der Waals surface area (Å²) >= 11 is 6.15. The first kappa shape index (κ1) is 16.2. The lowest BCUT2D eigenvalue weighted by atomic mass is 9.83. The monoisotopic (exact) mass is 285 g/mol. The van der Waals surface area contributed by atoms with Gasteiger partial charge >= 0.3 is 0 Å². The van der Waals surface area contributed by atoms with Gasteiger partial charge in [-0.15, -0.1) is 0 Å². The van der Waals surface area contributed by atoms with Gasteiger partial charge in [-0.2, -0.15) is 5.10 Å². The van der Waals surface area contributed by atoms with E-state index in [1.807, 2.05) is 14.0 Å². The van der Waals surface area contributed by atoms with Crippen LogP contribution in [0.2, 0.25) is 5.02 Å². The lowest BCUT2D eigenvalue weighted by Gasteiger charge is -2.23. The van der Waals surface area contributed by atoms with E-state index in [-0.39, 0.29) is 11.2 Å². The van der Waals surface area contributed by atoms with Crippen molar-refractivity contribution in [1.82, 2.24) is 9.78 Å². The number of hydrogen-bond donors (Lipinski definition) is 1. The Bertz CT molecular complexity index is 452. The van der Waals surface area contributed by atoms with Crippen LogP contribution in [0.3, 0.4) is 0 Å². The van der Waals surface area contributed by atoms with E-state index in [1.165, 1.54) is 0 Å². The van der Waals surface area contributed by atoms with E-state index >= 15 is 0 Å². The van der Waals surface area contributed by atoms with Crippen molar-refractivity contribution >= 4 is 17.4 Å². The molecular weight excluding hydrogens is 262 g/mol. The van der Waals surface area contributed by atoms with E-state index in [2.05, 4.69) is 18.9 Å². The van der Waals surface area contributed by atoms with Crippen molar-refractivity contribution in [1.29, 1.82) is 0 Å². The van der Waals surface area contributed by atoms with E-state index < -0.39 is 0 Å². The van der Waals surface area contributed by atoms with Crippen LogP contribution < -0.4 is 5.73 Å². The number of nitrogens with two attached hydrogens (primary N) is 1. The molecule has 4 nitrogen and oxygen atoms in total. The Morgan fingerprint density at radius 1 is 1.42 bits per heavy atom.